The zero-order chi connectivity index (χ0) is 16.5. The molecule has 0 spiro atoms. The van der Waals surface area contributed by atoms with E-state index in [-0.39, 0.29) is 11.9 Å². The summed E-state index contributed by atoms with van der Waals surface area (Å²) in [7, 11) is 1.96. The van der Waals surface area contributed by atoms with Crippen LogP contribution in [0.2, 0.25) is 0 Å². The highest BCUT2D eigenvalue weighted by molar-refractivity contribution is 7.15. The third kappa shape index (κ3) is 2.99. The normalized spacial score (nSPS) is 17.0. The average molecular weight is 342 g/mol. The lowest BCUT2D eigenvalue weighted by molar-refractivity contribution is 0.445. The maximum absolute atomic E-state index is 13.1. The van der Waals surface area contributed by atoms with Crippen molar-refractivity contribution < 1.29 is 4.39 Å². The summed E-state index contributed by atoms with van der Waals surface area (Å²) in [5, 5.41) is 8.81. The van der Waals surface area contributed by atoms with Crippen molar-refractivity contribution in [2.75, 3.05) is 0 Å². The summed E-state index contributed by atoms with van der Waals surface area (Å²) >= 11 is 1.73. The molecule has 24 heavy (non-hydrogen) atoms. The number of hydrogen-bond acceptors (Lipinski definition) is 4. The van der Waals surface area contributed by atoms with E-state index in [0.29, 0.717) is 0 Å². The molecule has 0 fully saturated rings. The summed E-state index contributed by atoms with van der Waals surface area (Å²) < 4.78 is 15.0. The molecule has 0 saturated heterocycles. The molecule has 6 heteroatoms. The minimum absolute atomic E-state index is 0.212. The molecule has 4 nitrogen and oxygen atoms in total. The van der Waals surface area contributed by atoms with Crippen LogP contribution in [0.15, 0.2) is 36.5 Å². The third-order valence-electron chi connectivity index (χ3n) is 4.50. The molecule has 1 aromatic carbocycles. The number of aryl methyl sites for hydroxylation is 2. The van der Waals surface area contributed by atoms with E-state index in [1.165, 1.54) is 23.4 Å². The van der Waals surface area contributed by atoms with E-state index in [1.54, 1.807) is 23.5 Å². The second-order valence-corrected chi connectivity index (χ2v) is 7.19. The van der Waals surface area contributed by atoms with Gasteiger partial charge < -0.3 is 5.32 Å². The summed E-state index contributed by atoms with van der Waals surface area (Å²) in [6.07, 6.45) is 5.16. The Kier molecular flexibility index (Phi) is 4.16. The van der Waals surface area contributed by atoms with Gasteiger partial charge in [0.25, 0.3) is 0 Å². The fourth-order valence-electron chi connectivity index (χ4n) is 3.14. The zero-order valence-corrected chi connectivity index (χ0v) is 14.3. The molecule has 4 rings (SSSR count). The number of halogens is 1. The fourth-order valence-corrected chi connectivity index (χ4v) is 4.31. The maximum atomic E-state index is 13.1. The van der Waals surface area contributed by atoms with Crippen LogP contribution >= 0.6 is 11.3 Å². The van der Waals surface area contributed by atoms with Crippen LogP contribution in [-0.4, -0.2) is 14.8 Å². The largest absolute Gasteiger partial charge is 0.303 e. The highest BCUT2D eigenvalue weighted by Gasteiger charge is 2.25. The second kappa shape index (κ2) is 6.45. The first-order valence-corrected chi connectivity index (χ1v) is 8.98. The molecule has 0 radical (unpaired) electrons. The summed E-state index contributed by atoms with van der Waals surface area (Å²) in [6.45, 7) is 0.782. The molecular weight excluding hydrogens is 323 g/mol. The molecule has 0 unspecified atom stereocenters. The lowest BCUT2D eigenvalue weighted by Gasteiger charge is -2.22. The van der Waals surface area contributed by atoms with E-state index in [4.69, 9.17) is 4.98 Å². The van der Waals surface area contributed by atoms with Crippen molar-refractivity contribution >= 4 is 11.3 Å². The first-order valence-electron chi connectivity index (χ1n) is 8.16. The predicted molar refractivity (Wildman–Crippen MR) is 93.2 cm³/mol. The minimum atomic E-state index is -0.212. The van der Waals surface area contributed by atoms with Gasteiger partial charge in [-0.3, -0.25) is 4.68 Å². The molecule has 124 valence electrons. The van der Waals surface area contributed by atoms with Crippen LogP contribution in [0.3, 0.4) is 0 Å². The summed E-state index contributed by atoms with van der Waals surface area (Å²) in [5.74, 6) is -0.212. The third-order valence-corrected chi connectivity index (χ3v) is 5.68. The summed E-state index contributed by atoms with van der Waals surface area (Å²) in [4.78, 5) is 6.22. The molecule has 0 amide bonds. The molecule has 3 aromatic rings. The zero-order valence-electron chi connectivity index (χ0n) is 13.5. The van der Waals surface area contributed by atoms with Gasteiger partial charge in [-0.2, -0.15) is 5.10 Å². The Morgan fingerprint density at radius 3 is 2.88 bits per heavy atom. The van der Waals surface area contributed by atoms with Crippen molar-refractivity contribution in [3.63, 3.8) is 0 Å². The van der Waals surface area contributed by atoms with E-state index in [2.05, 4.69) is 10.4 Å². The van der Waals surface area contributed by atoms with Gasteiger partial charge in [0.2, 0.25) is 0 Å². The second-order valence-electron chi connectivity index (χ2n) is 6.11. The number of benzene rings is 1. The van der Waals surface area contributed by atoms with Gasteiger partial charge in [-0.05, 0) is 49.6 Å². The van der Waals surface area contributed by atoms with Gasteiger partial charge in [0.15, 0.2) is 0 Å². The lowest BCUT2D eigenvalue weighted by atomic mass is 9.97. The number of hydrogen-bond donors (Lipinski definition) is 1. The molecule has 0 saturated carbocycles. The number of fused-ring (bicyclic) bond motifs is 1. The molecule has 1 N–H and O–H groups in total. The number of rotatable bonds is 4. The van der Waals surface area contributed by atoms with Gasteiger partial charge in [0.05, 0.1) is 17.4 Å². The van der Waals surface area contributed by atoms with Crippen LogP contribution in [0.25, 0.3) is 10.6 Å². The first-order chi connectivity index (χ1) is 11.7. The predicted octanol–water partition coefficient (Wildman–Crippen LogP) is 3.85. The Morgan fingerprint density at radius 2 is 2.12 bits per heavy atom. The quantitative estimate of drug-likeness (QED) is 0.783. The standard InChI is InChI=1S/C18H19FN4S/c1-23-14(9-10-21-23)11-20-15-3-2-4-16-17(15)22-18(24-16)12-5-7-13(19)8-6-12/h5-10,15,20H,2-4,11H2,1H3/t15-/m1/s1. The molecule has 1 aliphatic rings. The van der Waals surface area contributed by atoms with Crippen molar-refractivity contribution in [3.8, 4) is 10.6 Å². The van der Waals surface area contributed by atoms with E-state index < -0.39 is 0 Å². The molecule has 0 aliphatic heterocycles. The number of aromatic nitrogens is 3. The highest BCUT2D eigenvalue weighted by atomic mass is 32.1. The summed E-state index contributed by atoms with van der Waals surface area (Å²) in [6, 6.07) is 8.90. The fraction of sp³-hybridized carbons (Fsp3) is 0.333. The van der Waals surface area contributed by atoms with Crippen LogP contribution < -0.4 is 5.32 Å². The van der Waals surface area contributed by atoms with E-state index in [9.17, 15) is 4.39 Å². The maximum Gasteiger partial charge on any atom is 0.123 e. The van der Waals surface area contributed by atoms with E-state index in [1.807, 2.05) is 24.0 Å². The van der Waals surface area contributed by atoms with Crippen molar-refractivity contribution in [1.82, 2.24) is 20.1 Å². The van der Waals surface area contributed by atoms with Gasteiger partial charge in [-0.25, -0.2) is 9.37 Å². The molecule has 1 aliphatic carbocycles. The van der Waals surface area contributed by atoms with Gasteiger partial charge in [-0.1, -0.05) is 0 Å². The van der Waals surface area contributed by atoms with Gasteiger partial charge in [0.1, 0.15) is 10.8 Å². The molecule has 2 aromatic heterocycles. The number of nitrogens with zero attached hydrogens (tertiary/aromatic N) is 3. The summed E-state index contributed by atoms with van der Waals surface area (Å²) in [5.41, 5.74) is 3.31. The highest BCUT2D eigenvalue weighted by Crippen LogP contribution is 2.37. The van der Waals surface area contributed by atoms with Crippen LogP contribution in [0.5, 0.6) is 0 Å². The Morgan fingerprint density at radius 1 is 1.29 bits per heavy atom. The molecule has 0 bridgehead atoms. The first kappa shape index (κ1) is 15.5. The topological polar surface area (TPSA) is 42.7 Å². The van der Waals surface area contributed by atoms with Gasteiger partial charge in [-0.15, -0.1) is 11.3 Å². The minimum Gasteiger partial charge on any atom is -0.303 e. The Hall–Kier alpha value is -2.05. The van der Waals surface area contributed by atoms with Gasteiger partial charge in [0, 0.05) is 30.2 Å². The Labute approximate surface area is 144 Å². The van der Waals surface area contributed by atoms with E-state index >= 15 is 0 Å². The van der Waals surface area contributed by atoms with E-state index in [0.717, 1.165) is 41.3 Å². The molecular formula is C18H19FN4S. The van der Waals surface area contributed by atoms with Crippen molar-refractivity contribution in [2.45, 2.75) is 31.8 Å². The van der Waals surface area contributed by atoms with Crippen LogP contribution in [-0.2, 0) is 20.0 Å². The molecule has 1 atom stereocenters. The Bertz CT molecular complexity index is 837. The smallest absolute Gasteiger partial charge is 0.123 e. The SMILES string of the molecule is Cn1nccc1CN[C@@H]1CCCc2sc(-c3ccc(F)cc3)nc21. The number of thiazole rings is 1. The average Bonchev–Trinajstić information content (AvgIpc) is 3.20. The van der Waals surface area contributed by atoms with Crippen LogP contribution in [0.1, 0.15) is 35.1 Å². The van der Waals surface area contributed by atoms with Crippen molar-refractivity contribution in [3.05, 3.63) is 58.6 Å². The van der Waals surface area contributed by atoms with Crippen LogP contribution in [0.4, 0.5) is 4.39 Å². The van der Waals surface area contributed by atoms with Crippen molar-refractivity contribution in [2.24, 2.45) is 7.05 Å². The number of nitrogens with one attached hydrogen (secondary N) is 1. The van der Waals surface area contributed by atoms with Gasteiger partial charge >= 0.3 is 0 Å². The monoisotopic (exact) mass is 342 g/mol. The van der Waals surface area contributed by atoms with Crippen molar-refractivity contribution in [1.29, 1.82) is 0 Å². The molecule has 2 heterocycles. The Balaban J connectivity index is 1.56. The lowest BCUT2D eigenvalue weighted by Crippen LogP contribution is -2.25. The van der Waals surface area contributed by atoms with Crippen LogP contribution in [0, 0.1) is 5.82 Å².